The van der Waals surface area contributed by atoms with Crippen LogP contribution in [0.25, 0.3) is 0 Å². The van der Waals surface area contributed by atoms with Gasteiger partial charge in [0.05, 0.1) is 5.69 Å². The first-order valence-electron chi connectivity index (χ1n) is 6.64. The molecule has 0 heterocycles. The van der Waals surface area contributed by atoms with Crippen LogP contribution < -0.4 is 10.5 Å². The number of nitrogens with two attached hydrogens (primary N) is 1. The maximum atomic E-state index is 13.4. The second-order valence-corrected chi connectivity index (χ2v) is 5.89. The Kier molecular flexibility index (Phi) is 3.98. The highest BCUT2D eigenvalue weighted by atomic mass is 19.1. The Morgan fingerprint density at radius 1 is 1.10 bits per heavy atom. The maximum absolute atomic E-state index is 13.4. The fraction of sp³-hybridized carbons (Fsp3) is 0.294. The van der Waals surface area contributed by atoms with Crippen molar-refractivity contribution in [3.8, 4) is 5.75 Å². The second kappa shape index (κ2) is 5.53. The van der Waals surface area contributed by atoms with E-state index in [4.69, 9.17) is 10.5 Å². The Balaban J connectivity index is 2.17. The summed E-state index contributed by atoms with van der Waals surface area (Å²) in [6.45, 7) is 6.73. The third-order valence-electron chi connectivity index (χ3n) is 3.15. The molecule has 20 heavy (non-hydrogen) atoms. The van der Waals surface area contributed by atoms with Crippen LogP contribution in [0.4, 0.5) is 10.1 Å². The molecule has 0 aromatic heterocycles. The van der Waals surface area contributed by atoms with Crippen molar-refractivity contribution < 1.29 is 9.13 Å². The van der Waals surface area contributed by atoms with Crippen LogP contribution in [0, 0.1) is 5.82 Å². The minimum absolute atomic E-state index is 0.00294. The van der Waals surface area contributed by atoms with Crippen LogP contribution >= 0.6 is 0 Å². The quantitative estimate of drug-likeness (QED) is 0.847. The molecule has 2 aromatic rings. The van der Waals surface area contributed by atoms with Gasteiger partial charge in [0.2, 0.25) is 0 Å². The van der Waals surface area contributed by atoms with E-state index in [1.54, 1.807) is 12.1 Å². The van der Waals surface area contributed by atoms with Crippen molar-refractivity contribution in [1.82, 2.24) is 0 Å². The molecule has 0 aliphatic heterocycles. The summed E-state index contributed by atoms with van der Waals surface area (Å²) in [5.41, 5.74) is 7.52. The highest BCUT2D eigenvalue weighted by molar-refractivity contribution is 5.42. The van der Waals surface area contributed by atoms with Gasteiger partial charge in [0.1, 0.15) is 18.2 Å². The Hall–Kier alpha value is -2.03. The van der Waals surface area contributed by atoms with Gasteiger partial charge in [-0.1, -0.05) is 45.0 Å². The molecule has 106 valence electrons. The van der Waals surface area contributed by atoms with Crippen LogP contribution in [0.1, 0.15) is 31.9 Å². The molecule has 0 unspecified atom stereocenters. The van der Waals surface area contributed by atoms with Crippen LogP contribution in [0.5, 0.6) is 5.75 Å². The first kappa shape index (κ1) is 14.4. The molecule has 2 N–H and O–H groups in total. The lowest BCUT2D eigenvalue weighted by Gasteiger charge is -2.22. The lowest BCUT2D eigenvalue weighted by molar-refractivity contribution is 0.297. The van der Waals surface area contributed by atoms with Gasteiger partial charge < -0.3 is 10.5 Å². The van der Waals surface area contributed by atoms with Crippen LogP contribution in [0.15, 0.2) is 42.5 Å². The predicted octanol–water partition coefficient (Wildman–Crippen LogP) is 4.28. The average Bonchev–Trinajstić information content (AvgIpc) is 2.39. The van der Waals surface area contributed by atoms with E-state index in [1.165, 1.54) is 6.07 Å². The lowest BCUT2D eigenvalue weighted by Crippen LogP contribution is -2.13. The number of rotatable bonds is 3. The van der Waals surface area contributed by atoms with E-state index in [2.05, 4.69) is 26.8 Å². The number of nitrogen functional groups attached to an aromatic ring is 1. The molecule has 0 aliphatic carbocycles. The number of hydrogen-bond donors (Lipinski definition) is 1. The van der Waals surface area contributed by atoms with Gasteiger partial charge in [0.25, 0.3) is 0 Å². The smallest absolute Gasteiger partial charge is 0.146 e. The number of para-hydroxylation sites is 1. The summed E-state index contributed by atoms with van der Waals surface area (Å²) in [4.78, 5) is 0. The highest BCUT2D eigenvalue weighted by Crippen LogP contribution is 2.31. The van der Waals surface area contributed by atoms with Crippen LogP contribution in [-0.2, 0) is 12.0 Å². The Bertz CT molecular complexity index is 602. The summed E-state index contributed by atoms with van der Waals surface area (Å²) >= 11 is 0. The molecule has 0 fully saturated rings. The first-order valence-corrected chi connectivity index (χ1v) is 6.64. The van der Waals surface area contributed by atoms with Crippen LogP contribution in [0.3, 0.4) is 0 Å². The van der Waals surface area contributed by atoms with Gasteiger partial charge in [-0.05, 0) is 34.7 Å². The van der Waals surface area contributed by atoms with Crippen LogP contribution in [0.2, 0.25) is 0 Å². The summed E-state index contributed by atoms with van der Waals surface area (Å²) in [7, 11) is 0. The van der Waals surface area contributed by atoms with Gasteiger partial charge in [-0.2, -0.15) is 0 Å². The molecule has 0 radical (unpaired) electrons. The van der Waals surface area contributed by atoms with Crippen molar-refractivity contribution in [2.24, 2.45) is 0 Å². The third kappa shape index (κ3) is 3.29. The minimum Gasteiger partial charge on any atom is -0.489 e. The van der Waals surface area contributed by atoms with Gasteiger partial charge in [-0.3, -0.25) is 0 Å². The fourth-order valence-corrected chi connectivity index (χ4v) is 2.03. The Morgan fingerprint density at radius 3 is 2.45 bits per heavy atom. The van der Waals surface area contributed by atoms with E-state index in [0.717, 1.165) is 16.9 Å². The van der Waals surface area contributed by atoms with Gasteiger partial charge in [0, 0.05) is 0 Å². The third-order valence-corrected chi connectivity index (χ3v) is 3.15. The zero-order valence-corrected chi connectivity index (χ0v) is 12.1. The molecule has 0 saturated carbocycles. The summed E-state index contributed by atoms with van der Waals surface area (Å²) in [6, 6.07) is 12.7. The number of hydrogen-bond acceptors (Lipinski definition) is 2. The Morgan fingerprint density at radius 2 is 1.80 bits per heavy atom. The van der Waals surface area contributed by atoms with Crippen molar-refractivity contribution in [1.29, 1.82) is 0 Å². The van der Waals surface area contributed by atoms with E-state index in [1.807, 2.05) is 18.2 Å². The van der Waals surface area contributed by atoms with E-state index in [9.17, 15) is 4.39 Å². The number of anilines is 1. The van der Waals surface area contributed by atoms with E-state index in [0.29, 0.717) is 6.61 Å². The van der Waals surface area contributed by atoms with Crippen molar-refractivity contribution in [3.05, 3.63) is 59.4 Å². The van der Waals surface area contributed by atoms with Crippen molar-refractivity contribution in [3.63, 3.8) is 0 Å². The SMILES string of the molecule is CC(C)(C)c1ccccc1OCc1ccc(N)c(F)c1. The standard InChI is InChI=1S/C17H20FNO/c1-17(2,3)13-6-4-5-7-16(13)20-11-12-8-9-15(19)14(18)10-12/h4-10H,11,19H2,1-3H3. The zero-order valence-electron chi connectivity index (χ0n) is 12.1. The molecule has 0 atom stereocenters. The van der Waals surface area contributed by atoms with Gasteiger partial charge in [-0.15, -0.1) is 0 Å². The average molecular weight is 273 g/mol. The predicted molar refractivity (Wildman–Crippen MR) is 80.3 cm³/mol. The normalized spacial score (nSPS) is 11.4. The van der Waals surface area contributed by atoms with Gasteiger partial charge >= 0.3 is 0 Å². The van der Waals surface area contributed by atoms with Gasteiger partial charge in [-0.25, -0.2) is 4.39 Å². The summed E-state index contributed by atoms with van der Waals surface area (Å²) in [5.74, 6) is 0.424. The molecule has 0 amide bonds. The molecule has 0 bridgehead atoms. The summed E-state index contributed by atoms with van der Waals surface area (Å²) < 4.78 is 19.2. The first-order chi connectivity index (χ1) is 9.38. The number of ether oxygens (including phenoxy) is 1. The van der Waals surface area contributed by atoms with E-state index in [-0.39, 0.29) is 11.1 Å². The monoisotopic (exact) mass is 273 g/mol. The number of halogens is 1. The summed E-state index contributed by atoms with van der Waals surface area (Å²) in [6.07, 6.45) is 0. The van der Waals surface area contributed by atoms with Crippen molar-refractivity contribution >= 4 is 5.69 Å². The number of benzene rings is 2. The fourth-order valence-electron chi connectivity index (χ4n) is 2.03. The molecule has 0 saturated heterocycles. The lowest BCUT2D eigenvalue weighted by atomic mass is 9.86. The highest BCUT2D eigenvalue weighted by Gasteiger charge is 2.18. The molecule has 0 aliphatic rings. The van der Waals surface area contributed by atoms with E-state index >= 15 is 0 Å². The Labute approximate surface area is 119 Å². The molecule has 2 rings (SSSR count). The summed E-state index contributed by atoms with van der Waals surface area (Å²) in [5, 5.41) is 0. The maximum Gasteiger partial charge on any atom is 0.146 e. The topological polar surface area (TPSA) is 35.2 Å². The van der Waals surface area contributed by atoms with E-state index < -0.39 is 5.82 Å². The zero-order chi connectivity index (χ0) is 14.8. The molecular formula is C17H20FNO. The molecular weight excluding hydrogens is 253 g/mol. The molecule has 3 heteroatoms. The minimum atomic E-state index is -0.407. The van der Waals surface area contributed by atoms with Gasteiger partial charge in [0.15, 0.2) is 0 Å². The molecule has 2 nitrogen and oxygen atoms in total. The molecule has 0 spiro atoms. The van der Waals surface area contributed by atoms with Crippen molar-refractivity contribution in [2.75, 3.05) is 5.73 Å². The molecule has 2 aromatic carbocycles. The second-order valence-electron chi connectivity index (χ2n) is 5.89. The largest absolute Gasteiger partial charge is 0.489 e. The van der Waals surface area contributed by atoms with Crippen molar-refractivity contribution in [2.45, 2.75) is 32.8 Å². The van der Waals surface area contributed by atoms with Crippen LogP contribution in [-0.4, -0.2) is 0 Å².